The van der Waals surface area contributed by atoms with Gasteiger partial charge in [0.1, 0.15) is 0 Å². The second-order valence-corrected chi connectivity index (χ2v) is 7.75. The fraction of sp³-hybridized carbons (Fsp3) is 0.0833. The zero-order valence-corrected chi connectivity index (χ0v) is 16.2. The molecule has 4 N–H and O–H groups in total. The normalized spacial score (nSPS) is 14.4. The van der Waals surface area contributed by atoms with Gasteiger partial charge in [0.15, 0.2) is 5.41 Å². The first-order valence-corrected chi connectivity index (χ1v) is 9.58. The van der Waals surface area contributed by atoms with Gasteiger partial charge >= 0.3 is 23.9 Å². The maximum atomic E-state index is 12.1. The Morgan fingerprint density at radius 3 is 1.78 bits per heavy atom. The van der Waals surface area contributed by atoms with Gasteiger partial charge in [0, 0.05) is 5.39 Å². The van der Waals surface area contributed by atoms with E-state index in [1.54, 1.807) is 24.3 Å². The van der Waals surface area contributed by atoms with E-state index >= 15 is 0 Å². The highest BCUT2D eigenvalue weighted by Gasteiger charge is 2.50. The first kappa shape index (κ1) is 19.5. The molecule has 32 heavy (non-hydrogen) atoms. The maximum absolute atomic E-state index is 12.1. The van der Waals surface area contributed by atoms with Gasteiger partial charge in [-0.2, -0.15) is 0 Å². The van der Waals surface area contributed by atoms with Crippen LogP contribution in [0, 0.1) is 0 Å². The van der Waals surface area contributed by atoms with Crippen LogP contribution in [0.3, 0.4) is 0 Å². The van der Waals surface area contributed by atoms with Crippen LogP contribution < -0.4 is 5.22 Å². The number of hydrogen-bond donors (Lipinski definition) is 4. The summed E-state index contributed by atoms with van der Waals surface area (Å²) >= 11 is 0. The number of rotatable bonds is 4. The highest BCUT2D eigenvalue weighted by atomic mass is 16.4. The lowest BCUT2D eigenvalue weighted by atomic mass is 9.71. The lowest BCUT2D eigenvalue weighted by molar-refractivity contribution is -0.157. The molecule has 0 heterocycles. The van der Waals surface area contributed by atoms with E-state index in [0.29, 0.717) is 32.1 Å². The van der Waals surface area contributed by atoms with E-state index in [4.69, 9.17) is 0 Å². The van der Waals surface area contributed by atoms with Crippen LogP contribution in [-0.2, 0) is 15.0 Å². The third-order valence-electron chi connectivity index (χ3n) is 6.34. The molecule has 0 amide bonds. The molecule has 0 saturated heterocycles. The van der Waals surface area contributed by atoms with E-state index in [9.17, 15) is 39.6 Å². The molecule has 8 nitrogen and oxygen atoms in total. The van der Waals surface area contributed by atoms with Gasteiger partial charge in [-0.3, -0.25) is 9.59 Å². The number of fused-ring (bicyclic) bond motifs is 2. The van der Waals surface area contributed by atoms with Crippen molar-refractivity contribution >= 4 is 62.3 Å². The van der Waals surface area contributed by atoms with Gasteiger partial charge in [-0.25, -0.2) is 9.59 Å². The van der Waals surface area contributed by atoms with Crippen molar-refractivity contribution in [2.75, 3.05) is 0 Å². The Hall–Kier alpha value is -4.46. The number of hydrogen-bond acceptors (Lipinski definition) is 4. The molecule has 0 aliphatic heterocycles. The minimum Gasteiger partial charge on any atom is -0.480 e. The van der Waals surface area contributed by atoms with Gasteiger partial charge in [-0.15, -0.1) is 0 Å². The monoisotopic (exact) mass is 430 g/mol. The third-order valence-corrected chi connectivity index (χ3v) is 6.34. The molecule has 1 aliphatic rings. The minimum atomic E-state index is -2.16. The lowest BCUT2D eigenvalue weighted by Crippen LogP contribution is -2.45. The van der Waals surface area contributed by atoms with Crippen LogP contribution in [0.15, 0.2) is 42.5 Å². The average Bonchev–Trinajstić information content (AvgIpc) is 2.75. The van der Waals surface area contributed by atoms with Gasteiger partial charge in [0.25, 0.3) is 0 Å². The Balaban J connectivity index is 2.11. The van der Waals surface area contributed by atoms with Gasteiger partial charge in [0.2, 0.25) is 0 Å². The number of aromatic carboxylic acids is 2. The van der Waals surface area contributed by atoms with Crippen molar-refractivity contribution in [2.24, 2.45) is 0 Å². The zero-order valence-electron chi connectivity index (χ0n) is 16.2. The molecule has 0 unspecified atom stereocenters. The van der Waals surface area contributed by atoms with Crippen LogP contribution in [0.5, 0.6) is 0 Å². The highest BCUT2D eigenvalue weighted by molar-refractivity contribution is 6.29. The Morgan fingerprint density at radius 2 is 1.22 bits per heavy atom. The highest BCUT2D eigenvalue weighted by Crippen LogP contribution is 2.41. The standard InChI is InChI=1S/C24H14O8/c25-20(26)14-6-4-11-10-2-1-3-16-17(10)13(8-9-24(16,22(29)30)23(31)32)12-5-7-15(21(27)28)19(14)18(11)12/h1-8H,9H2,(H,25,26)(H,27,28)(H,29,30)(H,31,32). The van der Waals surface area contributed by atoms with Crippen LogP contribution >= 0.6 is 0 Å². The summed E-state index contributed by atoms with van der Waals surface area (Å²) in [6.07, 6.45) is 1.22. The van der Waals surface area contributed by atoms with Crippen LogP contribution in [0.2, 0.25) is 0 Å². The molecule has 0 aromatic heterocycles. The molecular formula is C24H14O8. The maximum Gasteiger partial charge on any atom is 0.336 e. The molecular weight excluding hydrogens is 416 g/mol. The van der Waals surface area contributed by atoms with Gasteiger partial charge in [0.05, 0.1) is 11.1 Å². The summed E-state index contributed by atoms with van der Waals surface area (Å²) in [5.41, 5.74) is -2.35. The second kappa shape index (κ2) is 6.27. The van der Waals surface area contributed by atoms with E-state index in [0.717, 1.165) is 0 Å². The molecule has 1 aliphatic carbocycles. The molecule has 0 atom stereocenters. The van der Waals surface area contributed by atoms with Crippen LogP contribution in [0.4, 0.5) is 0 Å². The predicted molar refractivity (Wildman–Crippen MR) is 114 cm³/mol. The van der Waals surface area contributed by atoms with Gasteiger partial charge in [-0.1, -0.05) is 36.4 Å². The Morgan fingerprint density at radius 1 is 0.656 bits per heavy atom. The minimum absolute atomic E-state index is 0.0743. The Bertz CT molecular complexity index is 1580. The SMILES string of the molecule is O=C(O)c1ccc2c3c4c(cccc4c4ccc(C(=O)O)c1c24)C(C(=O)O)(C(=O)O)CC=3. The van der Waals surface area contributed by atoms with E-state index in [1.165, 1.54) is 24.3 Å². The summed E-state index contributed by atoms with van der Waals surface area (Å²) in [4.78, 5) is 48.0. The molecule has 158 valence electrons. The van der Waals surface area contributed by atoms with Crippen molar-refractivity contribution in [2.45, 2.75) is 11.8 Å². The van der Waals surface area contributed by atoms with E-state index < -0.39 is 29.3 Å². The topological polar surface area (TPSA) is 149 Å². The van der Waals surface area contributed by atoms with Crippen LogP contribution in [0.1, 0.15) is 32.7 Å². The number of carboxylic acids is 4. The van der Waals surface area contributed by atoms with E-state index in [1.807, 2.05) is 0 Å². The van der Waals surface area contributed by atoms with E-state index in [-0.39, 0.29) is 28.5 Å². The molecule has 0 bridgehead atoms. The summed E-state index contributed by atoms with van der Waals surface area (Å²) in [5, 5.41) is 42.2. The van der Waals surface area contributed by atoms with E-state index in [2.05, 4.69) is 0 Å². The summed E-state index contributed by atoms with van der Waals surface area (Å²) in [5.74, 6) is -5.51. The van der Waals surface area contributed by atoms with Crippen molar-refractivity contribution < 1.29 is 39.6 Å². The summed E-state index contributed by atoms with van der Waals surface area (Å²) in [6.45, 7) is 0. The van der Waals surface area contributed by atoms with Gasteiger partial charge < -0.3 is 20.4 Å². The smallest absolute Gasteiger partial charge is 0.336 e. The zero-order chi connectivity index (χ0) is 22.9. The van der Waals surface area contributed by atoms with Crippen molar-refractivity contribution in [3.05, 3.63) is 64.4 Å². The summed E-state index contributed by atoms with van der Waals surface area (Å²) in [6, 6.07) is 10.5. The van der Waals surface area contributed by atoms with Crippen molar-refractivity contribution in [3.8, 4) is 0 Å². The van der Waals surface area contributed by atoms with Crippen LogP contribution in [0.25, 0.3) is 38.4 Å². The fourth-order valence-corrected chi connectivity index (χ4v) is 4.93. The third kappa shape index (κ3) is 2.20. The molecule has 0 saturated carbocycles. The quantitative estimate of drug-likeness (QED) is 0.219. The number of carbonyl (C=O) groups is 4. The van der Waals surface area contributed by atoms with Crippen molar-refractivity contribution in [3.63, 3.8) is 0 Å². The summed E-state index contributed by atoms with van der Waals surface area (Å²) < 4.78 is 0. The summed E-state index contributed by atoms with van der Waals surface area (Å²) in [7, 11) is 0. The number of aliphatic carboxylic acids is 2. The number of carboxylic acid groups (broad SMARTS) is 4. The average molecular weight is 430 g/mol. The Labute approximate surface area is 178 Å². The number of benzene rings is 4. The predicted octanol–water partition coefficient (Wildman–Crippen LogP) is 2.85. The van der Waals surface area contributed by atoms with Crippen molar-refractivity contribution in [1.82, 2.24) is 0 Å². The second-order valence-electron chi connectivity index (χ2n) is 7.75. The molecule has 0 spiro atoms. The lowest BCUT2D eigenvalue weighted by Gasteiger charge is -2.29. The fourth-order valence-electron chi connectivity index (χ4n) is 4.93. The molecule has 4 aromatic carbocycles. The van der Waals surface area contributed by atoms with Gasteiger partial charge in [-0.05, 0) is 56.3 Å². The molecule has 4 aromatic rings. The first-order valence-electron chi connectivity index (χ1n) is 9.58. The molecule has 0 radical (unpaired) electrons. The Kier molecular flexibility index (Phi) is 3.82. The molecule has 0 fully saturated rings. The molecule has 5 rings (SSSR count). The van der Waals surface area contributed by atoms with Crippen molar-refractivity contribution in [1.29, 1.82) is 0 Å². The molecule has 8 heteroatoms. The first-order chi connectivity index (χ1) is 15.2. The largest absolute Gasteiger partial charge is 0.480 e. The van der Waals surface area contributed by atoms with Crippen LogP contribution in [-0.4, -0.2) is 44.3 Å².